The molecule has 3 aromatic rings. The molecular weight excluding hydrogens is 348 g/mol. The minimum absolute atomic E-state index is 0.235. The Kier molecular flexibility index (Phi) is 6.54. The van der Waals surface area contributed by atoms with Gasteiger partial charge in [-0.1, -0.05) is 18.2 Å². The summed E-state index contributed by atoms with van der Waals surface area (Å²) in [6.07, 6.45) is 0.755. The first-order valence-corrected chi connectivity index (χ1v) is 8.53. The quantitative estimate of drug-likeness (QED) is 0.422. The summed E-state index contributed by atoms with van der Waals surface area (Å²) < 4.78 is 21.4. The van der Waals surface area contributed by atoms with Crippen molar-refractivity contribution in [2.24, 2.45) is 0 Å². The average molecular weight is 368 g/mol. The van der Waals surface area contributed by atoms with Gasteiger partial charge in [0.05, 0.1) is 25.9 Å². The van der Waals surface area contributed by atoms with E-state index in [1.54, 1.807) is 24.3 Å². The van der Waals surface area contributed by atoms with Crippen molar-refractivity contribution < 1.29 is 23.4 Å². The van der Waals surface area contributed by atoms with E-state index in [0.29, 0.717) is 30.6 Å². The molecule has 0 saturated carbocycles. The van der Waals surface area contributed by atoms with Gasteiger partial charge < -0.3 is 18.6 Å². The smallest absolute Gasteiger partial charge is 0.337 e. The second-order valence-corrected chi connectivity index (χ2v) is 5.64. The summed E-state index contributed by atoms with van der Waals surface area (Å²) in [6.45, 7) is 1.34. The van der Waals surface area contributed by atoms with Gasteiger partial charge in [-0.2, -0.15) is 0 Å². The fourth-order valence-corrected chi connectivity index (χ4v) is 2.32. The van der Waals surface area contributed by atoms with Crippen LogP contribution in [0.4, 0.5) is 0 Å². The van der Waals surface area contributed by atoms with Crippen LogP contribution in [0, 0.1) is 0 Å². The molecule has 0 amide bonds. The van der Waals surface area contributed by atoms with Gasteiger partial charge in [0, 0.05) is 12.0 Å². The number of benzene rings is 2. The molecule has 0 spiro atoms. The number of hydrogen-bond acceptors (Lipinski definition) is 7. The molecule has 27 heavy (non-hydrogen) atoms. The maximum atomic E-state index is 11.4. The number of esters is 1. The normalized spacial score (nSPS) is 10.6. The van der Waals surface area contributed by atoms with E-state index in [1.807, 2.05) is 30.3 Å². The summed E-state index contributed by atoms with van der Waals surface area (Å²) in [6, 6.07) is 16.4. The van der Waals surface area contributed by atoms with Crippen molar-refractivity contribution in [2.45, 2.75) is 13.0 Å². The fourth-order valence-electron chi connectivity index (χ4n) is 2.32. The Morgan fingerprint density at radius 1 is 1.00 bits per heavy atom. The highest BCUT2D eigenvalue weighted by molar-refractivity contribution is 5.89. The van der Waals surface area contributed by atoms with Gasteiger partial charge in [0.25, 0.3) is 0 Å². The zero-order chi connectivity index (χ0) is 18.9. The lowest BCUT2D eigenvalue weighted by Crippen LogP contribution is -2.03. The van der Waals surface area contributed by atoms with Gasteiger partial charge in [-0.3, -0.25) is 0 Å². The molecule has 3 rings (SSSR count). The van der Waals surface area contributed by atoms with Crippen molar-refractivity contribution in [1.29, 1.82) is 0 Å². The molecule has 0 atom stereocenters. The molecule has 0 aliphatic heterocycles. The van der Waals surface area contributed by atoms with Crippen LogP contribution < -0.4 is 4.74 Å². The van der Waals surface area contributed by atoms with Crippen molar-refractivity contribution in [2.75, 3.05) is 20.3 Å². The number of hydrogen-bond donors (Lipinski definition) is 0. The van der Waals surface area contributed by atoms with Crippen molar-refractivity contribution in [3.05, 3.63) is 66.1 Å². The third kappa shape index (κ3) is 5.39. The molecule has 7 nitrogen and oxygen atoms in total. The Morgan fingerprint density at radius 3 is 2.52 bits per heavy atom. The third-order valence-corrected chi connectivity index (χ3v) is 3.69. The van der Waals surface area contributed by atoms with E-state index in [-0.39, 0.29) is 6.61 Å². The average Bonchev–Trinajstić information content (AvgIpc) is 3.20. The summed E-state index contributed by atoms with van der Waals surface area (Å²) in [7, 11) is 1.34. The molecule has 0 unspecified atom stereocenters. The van der Waals surface area contributed by atoms with E-state index >= 15 is 0 Å². The number of rotatable bonds is 9. The van der Waals surface area contributed by atoms with E-state index in [4.69, 9.17) is 13.9 Å². The van der Waals surface area contributed by atoms with Crippen LogP contribution >= 0.6 is 0 Å². The molecule has 0 bridgehead atoms. The molecule has 0 saturated heterocycles. The van der Waals surface area contributed by atoms with Crippen LogP contribution in [0.1, 0.15) is 22.7 Å². The van der Waals surface area contributed by atoms with Crippen molar-refractivity contribution in [3.63, 3.8) is 0 Å². The summed E-state index contributed by atoms with van der Waals surface area (Å²) in [4.78, 5) is 11.4. The molecule has 0 aliphatic rings. The highest BCUT2D eigenvalue weighted by atomic mass is 16.5. The van der Waals surface area contributed by atoms with Crippen LogP contribution in [0.25, 0.3) is 11.5 Å². The van der Waals surface area contributed by atoms with Crippen LogP contribution in [0.5, 0.6) is 5.75 Å². The fraction of sp³-hybridized carbons (Fsp3) is 0.250. The molecular formula is C20H20N2O5. The lowest BCUT2D eigenvalue weighted by molar-refractivity contribution is 0.0600. The highest BCUT2D eigenvalue weighted by Crippen LogP contribution is 2.19. The van der Waals surface area contributed by atoms with E-state index in [1.165, 1.54) is 7.11 Å². The zero-order valence-corrected chi connectivity index (χ0v) is 15.0. The second-order valence-electron chi connectivity index (χ2n) is 5.64. The van der Waals surface area contributed by atoms with Gasteiger partial charge in [0.15, 0.2) is 0 Å². The molecule has 1 aromatic heterocycles. The molecule has 0 radical (unpaired) electrons. The van der Waals surface area contributed by atoms with Gasteiger partial charge in [0.2, 0.25) is 11.8 Å². The number of methoxy groups -OCH3 is 1. The van der Waals surface area contributed by atoms with Crippen molar-refractivity contribution in [1.82, 2.24) is 10.2 Å². The van der Waals surface area contributed by atoms with E-state index in [0.717, 1.165) is 17.7 Å². The van der Waals surface area contributed by atoms with Crippen molar-refractivity contribution in [3.8, 4) is 17.2 Å². The Hall–Kier alpha value is -3.19. The summed E-state index contributed by atoms with van der Waals surface area (Å²) in [5.41, 5.74) is 1.18. The minimum Gasteiger partial charge on any atom is -0.494 e. The van der Waals surface area contributed by atoms with Gasteiger partial charge in [-0.15, -0.1) is 10.2 Å². The first kappa shape index (κ1) is 18.6. The SMILES string of the molecule is COC(=O)c1ccc(-c2nnc(COCCCOc3ccccc3)o2)cc1. The minimum atomic E-state index is -0.391. The zero-order valence-electron chi connectivity index (χ0n) is 15.0. The standard InChI is InChI=1S/C20H20N2O5/c1-24-20(23)16-10-8-15(9-11-16)19-22-21-18(27-19)14-25-12-5-13-26-17-6-3-2-4-7-17/h2-4,6-11H,5,12-14H2,1H3. The number of aromatic nitrogens is 2. The summed E-state index contributed by atoms with van der Waals surface area (Å²) >= 11 is 0. The molecule has 2 aromatic carbocycles. The number of carbonyl (C=O) groups is 1. The molecule has 0 N–H and O–H groups in total. The topological polar surface area (TPSA) is 83.7 Å². The predicted molar refractivity (Wildman–Crippen MR) is 97.3 cm³/mol. The van der Waals surface area contributed by atoms with Crippen LogP contribution in [0.15, 0.2) is 59.0 Å². The van der Waals surface area contributed by atoms with E-state index in [9.17, 15) is 4.79 Å². The van der Waals surface area contributed by atoms with Crippen LogP contribution in [0.2, 0.25) is 0 Å². The maximum Gasteiger partial charge on any atom is 0.337 e. The molecule has 140 valence electrons. The number of ether oxygens (including phenoxy) is 3. The van der Waals surface area contributed by atoms with Crippen LogP contribution in [0.3, 0.4) is 0 Å². The predicted octanol–water partition coefficient (Wildman–Crippen LogP) is 3.51. The third-order valence-electron chi connectivity index (χ3n) is 3.69. The first-order chi connectivity index (χ1) is 13.3. The Labute approximate surface area is 156 Å². The van der Waals surface area contributed by atoms with Crippen LogP contribution in [-0.4, -0.2) is 36.5 Å². The van der Waals surface area contributed by atoms with Gasteiger partial charge >= 0.3 is 5.97 Å². The summed E-state index contributed by atoms with van der Waals surface area (Å²) in [5, 5.41) is 7.97. The first-order valence-electron chi connectivity index (χ1n) is 8.53. The monoisotopic (exact) mass is 368 g/mol. The highest BCUT2D eigenvalue weighted by Gasteiger charge is 2.10. The van der Waals surface area contributed by atoms with Crippen LogP contribution in [-0.2, 0) is 16.1 Å². The Bertz CT molecular complexity index is 846. The lowest BCUT2D eigenvalue weighted by atomic mass is 10.1. The number of para-hydroxylation sites is 1. The lowest BCUT2D eigenvalue weighted by Gasteiger charge is -2.05. The molecule has 7 heteroatoms. The van der Waals surface area contributed by atoms with Gasteiger partial charge in [-0.25, -0.2) is 4.79 Å². The molecule has 1 heterocycles. The van der Waals surface area contributed by atoms with Crippen molar-refractivity contribution >= 4 is 5.97 Å². The molecule has 0 aliphatic carbocycles. The molecule has 0 fully saturated rings. The Morgan fingerprint density at radius 2 is 1.78 bits per heavy atom. The second kappa shape index (κ2) is 9.49. The van der Waals surface area contributed by atoms with E-state index < -0.39 is 5.97 Å². The Balaban J connectivity index is 1.41. The number of carbonyl (C=O) groups excluding carboxylic acids is 1. The largest absolute Gasteiger partial charge is 0.494 e. The van der Waals surface area contributed by atoms with E-state index in [2.05, 4.69) is 14.9 Å². The number of nitrogens with zero attached hydrogens (tertiary/aromatic N) is 2. The van der Waals surface area contributed by atoms with Gasteiger partial charge in [-0.05, 0) is 36.4 Å². The maximum absolute atomic E-state index is 11.4. The van der Waals surface area contributed by atoms with Gasteiger partial charge in [0.1, 0.15) is 12.4 Å². The summed E-state index contributed by atoms with van der Waals surface area (Å²) in [5.74, 6) is 1.22.